The van der Waals surface area contributed by atoms with Crippen molar-refractivity contribution in [2.24, 2.45) is 0 Å². The lowest BCUT2D eigenvalue weighted by atomic mass is 10.2. The van der Waals surface area contributed by atoms with Crippen molar-refractivity contribution in [1.29, 1.82) is 0 Å². The van der Waals surface area contributed by atoms with Crippen molar-refractivity contribution in [2.75, 3.05) is 7.11 Å². The largest absolute Gasteiger partial charge is 0.468 e. The van der Waals surface area contributed by atoms with Crippen LogP contribution < -0.4 is 5.32 Å². The van der Waals surface area contributed by atoms with E-state index >= 15 is 0 Å². The maximum absolute atomic E-state index is 11.7. The van der Waals surface area contributed by atoms with Crippen molar-refractivity contribution >= 4 is 12.1 Å². The van der Waals surface area contributed by atoms with E-state index in [0.29, 0.717) is 5.69 Å². The number of methoxy groups -OCH3 is 1. The van der Waals surface area contributed by atoms with Crippen molar-refractivity contribution in [3.63, 3.8) is 0 Å². The van der Waals surface area contributed by atoms with Gasteiger partial charge in [-0.05, 0) is 27.7 Å². The molecule has 0 aliphatic carbocycles. The lowest BCUT2D eigenvalue weighted by Gasteiger charge is -2.22. The second-order valence-corrected chi connectivity index (χ2v) is 5.26. The lowest BCUT2D eigenvalue weighted by Crippen LogP contribution is -2.35. The van der Waals surface area contributed by atoms with Gasteiger partial charge in [-0.1, -0.05) is 5.21 Å². The number of amides is 1. The minimum Gasteiger partial charge on any atom is -0.468 e. The first-order chi connectivity index (χ1) is 9.23. The van der Waals surface area contributed by atoms with E-state index in [-0.39, 0.29) is 6.54 Å². The molecular formula is C12H20N4O4. The SMILES string of the molecule is COC(=O)Cn1nncc1[C@H](C)NC(=O)OC(C)(C)C. The van der Waals surface area contributed by atoms with E-state index in [1.165, 1.54) is 18.0 Å². The monoisotopic (exact) mass is 284 g/mol. The van der Waals surface area contributed by atoms with Crippen molar-refractivity contribution in [2.45, 2.75) is 45.9 Å². The maximum Gasteiger partial charge on any atom is 0.408 e. The van der Waals surface area contributed by atoms with Crippen LogP contribution in [0.1, 0.15) is 39.4 Å². The first-order valence-electron chi connectivity index (χ1n) is 6.17. The molecule has 1 N–H and O–H groups in total. The van der Waals surface area contributed by atoms with Gasteiger partial charge >= 0.3 is 12.1 Å². The zero-order valence-electron chi connectivity index (χ0n) is 12.3. The number of ether oxygens (including phenoxy) is 2. The average molecular weight is 284 g/mol. The van der Waals surface area contributed by atoms with Gasteiger partial charge in [-0.2, -0.15) is 0 Å². The third-order valence-electron chi connectivity index (χ3n) is 2.33. The van der Waals surface area contributed by atoms with Crippen molar-refractivity contribution < 1.29 is 19.1 Å². The van der Waals surface area contributed by atoms with Crippen molar-refractivity contribution in [1.82, 2.24) is 20.3 Å². The maximum atomic E-state index is 11.7. The van der Waals surface area contributed by atoms with Gasteiger partial charge in [0.25, 0.3) is 0 Å². The Morgan fingerprint density at radius 3 is 2.65 bits per heavy atom. The molecule has 1 amide bonds. The quantitative estimate of drug-likeness (QED) is 0.830. The summed E-state index contributed by atoms with van der Waals surface area (Å²) in [5.74, 6) is -0.443. The summed E-state index contributed by atoms with van der Waals surface area (Å²) in [6, 6.07) is -0.399. The molecule has 0 fully saturated rings. The normalized spacial score (nSPS) is 12.7. The molecule has 0 spiro atoms. The van der Waals surface area contributed by atoms with Crippen LogP contribution in [0.4, 0.5) is 4.79 Å². The highest BCUT2D eigenvalue weighted by molar-refractivity contribution is 5.69. The van der Waals surface area contributed by atoms with Crippen LogP contribution in [0.3, 0.4) is 0 Å². The van der Waals surface area contributed by atoms with Crippen LogP contribution >= 0.6 is 0 Å². The van der Waals surface area contributed by atoms with Gasteiger partial charge in [-0.15, -0.1) is 5.10 Å². The number of carbonyl (C=O) groups is 2. The number of aromatic nitrogens is 3. The smallest absolute Gasteiger partial charge is 0.408 e. The molecule has 8 heteroatoms. The molecule has 0 aromatic carbocycles. The third kappa shape index (κ3) is 4.87. The van der Waals surface area contributed by atoms with Crippen molar-refractivity contribution in [3.8, 4) is 0 Å². The number of alkyl carbamates (subject to hydrolysis) is 1. The summed E-state index contributed by atoms with van der Waals surface area (Å²) in [4.78, 5) is 22.9. The Bertz CT molecular complexity index is 478. The van der Waals surface area contributed by atoms with Crippen molar-refractivity contribution in [3.05, 3.63) is 11.9 Å². The van der Waals surface area contributed by atoms with E-state index < -0.39 is 23.7 Å². The van der Waals surface area contributed by atoms with Crippen LogP contribution in [0.2, 0.25) is 0 Å². The molecule has 1 aromatic heterocycles. The molecule has 1 aromatic rings. The molecule has 0 aliphatic rings. The van der Waals surface area contributed by atoms with Crippen LogP contribution in [0.25, 0.3) is 0 Å². The fourth-order valence-electron chi connectivity index (χ4n) is 1.47. The topological polar surface area (TPSA) is 95.3 Å². The van der Waals surface area contributed by atoms with E-state index in [2.05, 4.69) is 20.4 Å². The second kappa shape index (κ2) is 6.36. The van der Waals surface area contributed by atoms with E-state index in [9.17, 15) is 9.59 Å². The Morgan fingerprint density at radius 1 is 1.45 bits per heavy atom. The summed E-state index contributed by atoms with van der Waals surface area (Å²) in [7, 11) is 1.29. The zero-order chi connectivity index (χ0) is 15.3. The summed E-state index contributed by atoms with van der Waals surface area (Å²) in [6.07, 6.45) is 0.932. The molecule has 0 unspecified atom stereocenters. The number of nitrogens with one attached hydrogen (secondary N) is 1. The molecule has 0 saturated carbocycles. The lowest BCUT2D eigenvalue weighted by molar-refractivity contribution is -0.141. The van der Waals surface area contributed by atoms with Crippen LogP contribution in [-0.2, 0) is 20.8 Å². The predicted molar refractivity (Wildman–Crippen MR) is 69.8 cm³/mol. The van der Waals surface area contributed by atoms with E-state index in [0.717, 1.165) is 0 Å². The highest BCUT2D eigenvalue weighted by atomic mass is 16.6. The Hall–Kier alpha value is -2.12. The van der Waals surface area contributed by atoms with Gasteiger partial charge in [-0.3, -0.25) is 4.79 Å². The molecule has 8 nitrogen and oxygen atoms in total. The number of esters is 1. The van der Waals surface area contributed by atoms with Crippen LogP contribution in [0.5, 0.6) is 0 Å². The third-order valence-corrected chi connectivity index (χ3v) is 2.33. The number of nitrogens with zero attached hydrogens (tertiary/aromatic N) is 3. The number of rotatable bonds is 4. The van der Waals surface area contributed by atoms with Crippen LogP contribution in [0.15, 0.2) is 6.20 Å². The van der Waals surface area contributed by atoms with Gasteiger partial charge in [0.05, 0.1) is 25.0 Å². The van der Waals surface area contributed by atoms with Gasteiger partial charge in [0.2, 0.25) is 0 Å². The highest BCUT2D eigenvalue weighted by Crippen LogP contribution is 2.13. The van der Waals surface area contributed by atoms with E-state index in [1.807, 2.05) is 0 Å². The highest BCUT2D eigenvalue weighted by Gasteiger charge is 2.21. The molecule has 1 rings (SSSR count). The average Bonchev–Trinajstić information content (AvgIpc) is 2.74. The first kappa shape index (κ1) is 15.9. The minimum absolute atomic E-state index is 0.0633. The molecule has 1 atom stereocenters. The fourth-order valence-corrected chi connectivity index (χ4v) is 1.47. The summed E-state index contributed by atoms with van der Waals surface area (Å²) in [5.41, 5.74) is 0.00941. The van der Waals surface area contributed by atoms with Gasteiger partial charge < -0.3 is 14.8 Å². The van der Waals surface area contributed by atoms with Gasteiger partial charge in [0.15, 0.2) is 0 Å². The first-order valence-corrected chi connectivity index (χ1v) is 6.17. The van der Waals surface area contributed by atoms with Gasteiger partial charge in [0.1, 0.15) is 12.1 Å². The Morgan fingerprint density at radius 2 is 2.10 bits per heavy atom. The Balaban J connectivity index is 2.68. The van der Waals surface area contributed by atoms with E-state index in [1.54, 1.807) is 27.7 Å². The summed E-state index contributed by atoms with van der Waals surface area (Å²) in [6.45, 7) is 7.02. The van der Waals surface area contributed by atoms with Gasteiger partial charge in [-0.25, -0.2) is 9.48 Å². The molecule has 0 saturated heterocycles. The molecule has 1 heterocycles. The molecule has 0 aliphatic heterocycles. The minimum atomic E-state index is -0.575. The molecule has 0 radical (unpaired) electrons. The number of hydrogen-bond acceptors (Lipinski definition) is 6. The summed E-state index contributed by atoms with van der Waals surface area (Å²) < 4.78 is 11.1. The number of carbonyl (C=O) groups excluding carboxylic acids is 2. The standard InChI is InChI=1S/C12H20N4O4/c1-8(14-11(18)20-12(2,3)4)9-6-13-15-16(9)7-10(17)19-5/h6,8H,7H2,1-5H3,(H,14,18)/t8-/m0/s1. The van der Waals surface area contributed by atoms with Crippen LogP contribution in [-0.4, -0.2) is 39.8 Å². The summed E-state index contributed by atoms with van der Waals surface area (Å²) in [5, 5.41) is 10.2. The Kier molecular flexibility index (Phi) is 5.06. The molecule has 112 valence electrons. The fraction of sp³-hybridized carbons (Fsp3) is 0.667. The molecular weight excluding hydrogens is 264 g/mol. The zero-order valence-corrected chi connectivity index (χ0v) is 12.3. The summed E-state index contributed by atoms with van der Waals surface area (Å²) >= 11 is 0. The Labute approximate surface area is 117 Å². The van der Waals surface area contributed by atoms with Crippen LogP contribution in [0, 0.1) is 0 Å². The van der Waals surface area contributed by atoms with E-state index in [4.69, 9.17) is 4.74 Å². The number of hydrogen-bond donors (Lipinski definition) is 1. The van der Waals surface area contributed by atoms with Gasteiger partial charge in [0, 0.05) is 0 Å². The molecule has 20 heavy (non-hydrogen) atoms. The second-order valence-electron chi connectivity index (χ2n) is 5.26. The molecule has 0 bridgehead atoms. The predicted octanol–water partition coefficient (Wildman–Crippen LogP) is 1.04.